The van der Waals surface area contributed by atoms with Gasteiger partial charge in [0.15, 0.2) is 0 Å². The van der Waals surface area contributed by atoms with Crippen molar-refractivity contribution in [1.29, 1.82) is 0 Å². The van der Waals surface area contributed by atoms with Crippen molar-refractivity contribution in [3.05, 3.63) is 48.5 Å². The predicted molar refractivity (Wildman–Crippen MR) is 74.4 cm³/mol. The van der Waals surface area contributed by atoms with E-state index in [-0.39, 0.29) is 19.0 Å². The van der Waals surface area contributed by atoms with Crippen molar-refractivity contribution >= 4 is 11.4 Å². The summed E-state index contributed by atoms with van der Waals surface area (Å²) < 4.78 is 5.40. The first kappa shape index (κ1) is 13.0. The van der Waals surface area contributed by atoms with Crippen molar-refractivity contribution in [2.24, 2.45) is 0 Å². The minimum atomic E-state index is -0.0334. The lowest BCUT2D eigenvalue weighted by atomic mass is 10.3. The number of anilines is 2. The van der Waals surface area contributed by atoms with Crippen LogP contribution >= 0.6 is 0 Å². The quantitative estimate of drug-likeness (QED) is 0.599. The Morgan fingerprint density at radius 1 is 1.00 bits per heavy atom. The Morgan fingerprint density at radius 2 is 1.84 bits per heavy atom. The summed E-state index contributed by atoms with van der Waals surface area (Å²) in [5.74, 6) is 0.834. The summed E-state index contributed by atoms with van der Waals surface area (Å²) in [6.07, 6.45) is 0. The van der Waals surface area contributed by atoms with Crippen molar-refractivity contribution in [3.63, 3.8) is 0 Å². The topological polar surface area (TPSA) is 73.8 Å². The summed E-state index contributed by atoms with van der Waals surface area (Å²) in [5.41, 5.74) is 7.45. The summed E-state index contributed by atoms with van der Waals surface area (Å²) in [4.78, 5) is 0. The summed E-state index contributed by atoms with van der Waals surface area (Å²) in [6.45, 7) is 0.207. The Hall–Kier alpha value is -2.40. The second kappa shape index (κ2) is 6.51. The van der Waals surface area contributed by atoms with Crippen LogP contribution in [0.2, 0.25) is 0 Å². The molecule has 0 aliphatic heterocycles. The van der Waals surface area contributed by atoms with Gasteiger partial charge < -0.3 is 20.4 Å². The van der Waals surface area contributed by atoms with Crippen molar-refractivity contribution in [2.45, 2.75) is 0 Å². The summed E-state index contributed by atoms with van der Waals surface area (Å²) in [6, 6.07) is 14.2. The predicted octanol–water partition coefficient (Wildman–Crippen LogP) is 2.20. The normalized spacial score (nSPS) is 9.95. The zero-order valence-electron chi connectivity index (χ0n) is 10.3. The standard InChI is InChI=1S/C14H16N2O3/c17-8-9-19-14-7-2-1-6-13(14)16-15-11-4-3-5-12(18)10-11/h1-7,10,15-18H,8-9H2. The van der Waals surface area contributed by atoms with Gasteiger partial charge >= 0.3 is 0 Å². The molecule has 0 bridgehead atoms. The highest BCUT2D eigenvalue weighted by Gasteiger charge is 2.02. The minimum Gasteiger partial charge on any atom is -0.508 e. The molecule has 2 rings (SSSR count). The molecule has 0 unspecified atom stereocenters. The number of aliphatic hydroxyl groups is 1. The number of hydrazine groups is 1. The van der Waals surface area contributed by atoms with Crippen molar-refractivity contribution in [1.82, 2.24) is 0 Å². The van der Waals surface area contributed by atoms with Crippen LogP contribution in [0.3, 0.4) is 0 Å². The van der Waals surface area contributed by atoms with Gasteiger partial charge in [-0.2, -0.15) is 0 Å². The van der Waals surface area contributed by atoms with E-state index in [1.165, 1.54) is 0 Å². The van der Waals surface area contributed by atoms with Crippen LogP contribution in [-0.4, -0.2) is 23.4 Å². The van der Waals surface area contributed by atoms with E-state index >= 15 is 0 Å². The molecular weight excluding hydrogens is 244 g/mol. The van der Waals surface area contributed by atoms with Crippen LogP contribution < -0.4 is 15.6 Å². The minimum absolute atomic E-state index is 0.0334. The summed E-state index contributed by atoms with van der Waals surface area (Å²) in [7, 11) is 0. The molecule has 0 spiro atoms. The Labute approximate surface area is 111 Å². The molecule has 2 aromatic carbocycles. The number of ether oxygens (including phenoxy) is 1. The number of para-hydroxylation sites is 2. The van der Waals surface area contributed by atoms with Gasteiger partial charge in [-0.1, -0.05) is 18.2 Å². The molecule has 5 nitrogen and oxygen atoms in total. The monoisotopic (exact) mass is 260 g/mol. The number of nitrogens with one attached hydrogen (secondary N) is 2. The van der Waals surface area contributed by atoms with Crippen molar-refractivity contribution < 1.29 is 14.9 Å². The first-order valence-corrected chi connectivity index (χ1v) is 5.93. The van der Waals surface area contributed by atoms with Gasteiger partial charge in [0.1, 0.15) is 18.1 Å². The first-order chi connectivity index (χ1) is 9.29. The maximum Gasteiger partial charge on any atom is 0.144 e. The number of hydrogen-bond donors (Lipinski definition) is 4. The number of rotatable bonds is 6. The molecule has 100 valence electrons. The highest BCUT2D eigenvalue weighted by molar-refractivity contribution is 5.60. The molecule has 0 heterocycles. The van der Waals surface area contributed by atoms with Crippen LogP contribution in [-0.2, 0) is 0 Å². The van der Waals surface area contributed by atoms with Crippen LogP contribution in [0, 0.1) is 0 Å². The van der Waals surface area contributed by atoms with Crippen LogP contribution in [0.15, 0.2) is 48.5 Å². The molecule has 0 fully saturated rings. The lowest BCUT2D eigenvalue weighted by molar-refractivity contribution is 0.202. The Balaban J connectivity index is 2.02. The molecular formula is C14H16N2O3. The van der Waals surface area contributed by atoms with Gasteiger partial charge in [-0.15, -0.1) is 0 Å². The van der Waals surface area contributed by atoms with Gasteiger partial charge in [-0.3, -0.25) is 5.43 Å². The average Bonchev–Trinajstić information content (AvgIpc) is 2.44. The molecule has 4 N–H and O–H groups in total. The summed E-state index contributed by atoms with van der Waals surface area (Å²) >= 11 is 0. The van der Waals surface area contributed by atoms with E-state index in [9.17, 15) is 5.11 Å². The van der Waals surface area contributed by atoms with Crippen LogP contribution in [0.25, 0.3) is 0 Å². The lowest BCUT2D eigenvalue weighted by Crippen LogP contribution is -2.11. The Bertz CT molecular complexity index is 532. The van der Waals surface area contributed by atoms with E-state index in [4.69, 9.17) is 9.84 Å². The Morgan fingerprint density at radius 3 is 2.63 bits per heavy atom. The van der Waals surface area contributed by atoms with Gasteiger partial charge in [-0.25, -0.2) is 0 Å². The number of phenols is 1. The highest BCUT2D eigenvalue weighted by Crippen LogP contribution is 2.24. The average molecular weight is 260 g/mol. The molecule has 0 aliphatic carbocycles. The Kier molecular flexibility index (Phi) is 4.47. The molecule has 19 heavy (non-hydrogen) atoms. The van der Waals surface area contributed by atoms with E-state index < -0.39 is 0 Å². The second-order valence-corrected chi connectivity index (χ2v) is 3.87. The fraction of sp³-hybridized carbons (Fsp3) is 0.143. The summed E-state index contributed by atoms with van der Waals surface area (Å²) in [5, 5.41) is 18.1. The SMILES string of the molecule is OCCOc1ccccc1NNc1cccc(O)c1. The highest BCUT2D eigenvalue weighted by atomic mass is 16.5. The maximum atomic E-state index is 9.36. The third-order valence-electron chi connectivity index (χ3n) is 2.42. The van der Waals surface area contributed by atoms with Crippen LogP contribution in [0.4, 0.5) is 11.4 Å². The van der Waals surface area contributed by atoms with Crippen LogP contribution in [0.5, 0.6) is 11.5 Å². The molecule has 0 aromatic heterocycles. The number of hydrogen-bond acceptors (Lipinski definition) is 5. The van der Waals surface area contributed by atoms with Gasteiger partial charge in [0.25, 0.3) is 0 Å². The molecule has 2 aromatic rings. The zero-order chi connectivity index (χ0) is 13.5. The molecule has 0 radical (unpaired) electrons. The second-order valence-electron chi connectivity index (χ2n) is 3.87. The number of aliphatic hydroxyl groups excluding tert-OH is 1. The fourth-order valence-corrected chi connectivity index (χ4v) is 1.57. The van der Waals surface area contributed by atoms with Crippen molar-refractivity contribution in [3.8, 4) is 11.5 Å². The molecule has 5 heteroatoms. The van der Waals surface area contributed by atoms with Gasteiger partial charge in [0.2, 0.25) is 0 Å². The van der Waals surface area contributed by atoms with Gasteiger partial charge in [-0.05, 0) is 24.3 Å². The smallest absolute Gasteiger partial charge is 0.144 e. The van der Waals surface area contributed by atoms with E-state index in [1.807, 2.05) is 30.3 Å². The van der Waals surface area contributed by atoms with E-state index in [2.05, 4.69) is 10.9 Å². The molecule has 0 atom stereocenters. The zero-order valence-corrected chi connectivity index (χ0v) is 10.3. The molecule has 0 saturated heterocycles. The number of benzene rings is 2. The maximum absolute atomic E-state index is 9.36. The molecule has 0 amide bonds. The van der Waals surface area contributed by atoms with Gasteiger partial charge in [0.05, 0.1) is 18.0 Å². The van der Waals surface area contributed by atoms with E-state index in [0.717, 1.165) is 11.4 Å². The van der Waals surface area contributed by atoms with E-state index in [1.54, 1.807) is 18.2 Å². The third-order valence-corrected chi connectivity index (χ3v) is 2.42. The molecule has 0 aliphatic rings. The molecule has 0 saturated carbocycles. The number of aromatic hydroxyl groups is 1. The largest absolute Gasteiger partial charge is 0.508 e. The number of phenolic OH excluding ortho intramolecular Hbond substituents is 1. The van der Waals surface area contributed by atoms with E-state index in [0.29, 0.717) is 5.75 Å². The first-order valence-electron chi connectivity index (χ1n) is 5.93. The fourth-order valence-electron chi connectivity index (χ4n) is 1.57. The lowest BCUT2D eigenvalue weighted by Gasteiger charge is -2.14. The van der Waals surface area contributed by atoms with Crippen molar-refractivity contribution in [2.75, 3.05) is 24.1 Å². The van der Waals surface area contributed by atoms with Gasteiger partial charge in [0, 0.05) is 6.07 Å². The van der Waals surface area contributed by atoms with Crippen LogP contribution in [0.1, 0.15) is 0 Å². The third kappa shape index (κ3) is 3.79.